The molecule has 3 rings (SSSR count). The van der Waals surface area contributed by atoms with E-state index >= 15 is 0 Å². The number of carbonyl (C=O) groups is 3. The van der Waals surface area contributed by atoms with Gasteiger partial charge < -0.3 is 14.4 Å². The minimum atomic E-state index is -0.656. The standard InChI is InChI=1S/C25H23NO5/c1-19-6-5-9-22(14-19)26(15-20-7-3-2-4-8-20)24(28)17-31-25(29)18-30-23-12-10-21(16-27)11-13-23/h2-14,16H,15,17-18H2,1H3. The van der Waals surface area contributed by atoms with Gasteiger partial charge in [0.25, 0.3) is 5.91 Å². The fraction of sp³-hybridized carbons (Fsp3) is 0.160. The number of aryl methyl sites for hydroxylation is 1. The van der Waals surface area contributed by atoms with Gasteiger partial charge in [0.05, 0.1) is 6.54 Å². The van der Waals surface area contributed by atoms with Crippen LogP contribution in [0.2, 0.25) is 0 Å². The van der Waals surface area contributed by atoms with E-state index in [1.165, 1.54) is 0 Å². The number of esters is 1. The van der Waals surface area contributed by atoms with Gasteiger partial charge in [0.2, 0.25) is 0 Å². The lowest BCUT2D eigenvalue weighted by atomic mass is 10.1. The Labute approximate surface area is 181 Å². The average molecular weight is 417 g/mol. The first kappa shape index (κ1) is 21.8. The van der Waals surface area contributed by atoms with Crippen molar-refractivity contribution in [3.05, 3.63) is 95.6 Å². The molecule has 3 aromatic rings. The molecule has 0 radical (unpaired) electrons. The predicted molar refractivity (Wildman–Crippen MR) is 117 cm³/mol. The summed E-state index contributed by atoms with van der Waals surface area (Å²) < 4.78 is 10.5. The molecule has 31 heavy (non-hydrogen) atoms. The first-order chi connectivity index (χ1) is 15.0. The molecule has 0 saturated heterocycles. The van der Waals surface area contributed by atoms with E-state index < -0.39 is 12.6 Å². The highest BCUT2D eigenvalue weighted by atomic mass is 16.6. The molecule has 0 aromatic heterocycles. The summed E-state index contributed by atoms with van der Waals surface area (Å²) in [7, 11) is 0. The second-order valence-electron chi connectivity index (χ2n) is 6.94. The molecule has 158 valence electrons. The lowest BCUT2D eigenvalue weighted by Crippen LogP contribution is -2.35. The Morgan fingerprint density at radius 3 is 2.32 bits per heavy atom. The van der Waals surface area contributed by atoms with E-state index in [9.17, 15) is 14.4 Å². The molecule has 0 bridgehead atoms. The number of rotatable bonds is 9. The number of benzene rings is 3. The van der Waals surface area contributed by atoms with Crippen LogP contribution in [0.1, 0.15) is 21.5 Å². The first-order valence-electron chi connectivity index (χ1n) is 9.80. The van der Waals surface area contributed by atoms with E-state index in [2.05, 4.69) is 0 Å². The van der Waals surface area contributed by atoms with Crippen molar-refractivity contribution in [1.29, 1.82) is 0 Å². The summed E-state index contributed by atoms with van der Waals surface area (Å²) in [6.07, 6.45) is 0.721. The third-order valence-electron chi connectivity index (χ3n) is 4.53. The van der Waals surface area contributed by atoms with Crippen molar-refractivity contribution in [2.45, 2.75) is 13.5 Å². The van der Waals surface area contributed by atoms with Gasteiger partial charge in [-0.2, -0.15) is 0 Å². The van der Waals surface area contributed by atoms with Crippen LogP contribution in [0.4, 0.5) is 5.69 Å². The van der Waals surface area contributed by atoms with Gasteiger partial charge in [-0.05, 0) is 54.4 Å². The maximum atomic E-state index is 12.9. The fourth-order valence-corrected chi connectivity index (χ4v) is 2.93. The van der Waals surface area contributed by atoms with Crippen molar-refractivity contribution in [3.8, 4) is 5.75 Å². The van der Waals surface area contributed by atoms with Gasteiger partial charge in [0.15, 0.2) is 13.2 Å². The summed E-state index contributed by atoms with van der Waals surface area (Å²) in [6, 6.07) is 23.5. The van der Waals surface area contributed by atoms with Crippen molar-refractivity contribution >= 4 is 23.9 Å². The lowest BCUT2D eigenvalue weighted by Gasteiger charge is -2.23. The topological polar surface area (TPSA) is 72.9 Å². The summed E-state index contributed by atoms with van der Waals surface area (Å²) in [5.41, 5.74) is 3.23. The maximum absolute atomic E-state index is 12.9. The van der Waals surface area contributed by atoms with Crippen molar-refractivity contribution in [2.75, 3.05) is 18.1 Å². The summed E-state index contributed by atoms with van der Waals surface area (Å²) >= 11 is 0. The molecule has 0 aliphatic carbocycles. The Morgan fingerprint density at radius 2 is 1.65 bits per heavy atom. The molecule has 0 heterocycles. The Bertz CT molecular complexity index is 1030. The Kier molecular flexibility index (Phi) is 7.54. The number of nitrogens with zero attached hydrogens (tertiary/aromatic N) is 1. The van der Waals surface area contributed by atoms with Crippen LogP contribution >= 0.6 is 0 Å². The summed E-state index contributed by atoms with van der Waals surface area (Å²) in [5, 5.41) is 0. The zero-order valence-corrected chi connectivity index (χ0v) is 17.2. The highest BCUT2D eigenvalue weighted by Gasteiger charge is 2.18. The minimum absolute atomic E-state index is 0.335. The number of hydrogen-bond acceptors (Lipinski definition) is 5. The van der Waals surface area contributed by atoms with Crippen LogP contribution in [0.5, 0.6) is 5.75 Å². The highest BCUT2D eigenvalue weighted by Crippen LogP contribution is 2.19. The monoisotopic (exact) mass is 417 g/mol. The number of amides is 1. The number of hydrogen-bond donors (Lipinski definition) is 0. The van der Waals surface area contributed by atoms with Crippen LogP contribution < -0.4 is 9.64 Å². The van der Waals surface area contributed by atoms with E-state index in [0.717, 1.165) is 23.1 Å². The third kappa shape index (κ3) is 6.54. The average Bonchev–Trinajstić information content (AvgIpc) is 2.80. The second-order valence-corrected chi connectivity index (χ2v) is 6.94. The van der Waals surface area contributed by atoms with Gasteiger partial charge in [0.1, 0.15) is 12.0 Å². The van der Waals surface area contributed by atoms with E-state index in [-0.39, 0.29) is 12.5 Å². The molecule has 0 fully saturated rings. The lowest BCUT2D eigenvalue weighted by molar-refractivity contribution is -0.149. The molecule has 0 aliphatic rings. The van der Waals surface area contributed by atoms with Crippen molar-refractivity contribution in [1.82, 2.24) is 0 Å². The molecule has 3 aromatic carbocycles. The van der Waals surface area contributed by atoms with Crippen LogP contribution in [0.3, 0.4) is 0 Å². The SMILES string of the molecule is Cc1cccc(N(Cc2ccccc2)C(=O)COC(=O)COc2ccc(C=O)cc2)c1. The summed E-state index contributed by atoms with van der Waals surface area (Å²) in [6.45, 7) is 1.58. The van der Waals surface area contributed by atoms with Gasteiger partial charge in [-0.1, -0.05) is 42.5 Å². The number of aldehydes is 1. The third-order valence-corrected chi connectivity index (χ3v) is 4.53. The Hall–Kier alpha value is -3.93. The van der Waals surface area contributed by atoms with Gasteiger partial charge in [0, 0.05) is 11.3 Å². The van der Waals surface area contributed by atoms with Crippen LogP contribution in [0, 0.1) is 6.92 Å². The van der Waals surface area contributed by atoms with Crippen molar-refractivity contribution in [3.63, 3.8) is 0 Å². The molecule has 0 aliphatic heterocycles. The quantitative estimate of drug-likeness (QED) is 0.389. The molecule has 0 N–H and O–H groups in total. The summed E-state index contributed by atoms with van der Waals surface area (Å²) in [4.78, 5) is 37.2. The first-order valence-corrected chi connectivity index (χ1v) is 9.80. The normalized spacial score (nSPS) is 10.2. The number of ether oxygens (including phenoxy) is 2. The molecular weight excluding hydrogens is 394 g/mol. The largest absolute Gasteiger partial charge is 0.482 e. The molecular formula is C25H23NO5. The molecule has 6 nitrogen and oxygen atoms in total. The van der Waals surface area contributed by atoms with Crippen molar-refractivity contribution in [2.24, 2.45) is 0 Å². The Morgan fingerprint density at radius 1 is 0.903 bits per heavy atom. The summed E-state index contributed by atoms with van der Waals surface area (Å²) in [5.74, 6) is -0.561. The zero-order valence-electron chi connectivity index (χ0n) is 17.2. The molecule has 0 saturated carbocycles. The van der Waals surface area contributed by atoms with Crippen molar-refractivity contribution < 1.29 is 23.9 Å². The molecule has 0 atom stereocenters. The molecule has 1 amide bonds. The van der Waals surface area contributed by atoms with Gasteiger partial charge in [-0.3, -0.25) is 9.59 Å². The Balaban J connectivity index is 1.60. The highest BCUT2D eigenvalue weighted by molar-refractivity contribution is 5.95. The van der Waals surface area contributed by atoms with E-state index in [0.29, 0.717) is 17.9 Å². The maximum Gasteiger partial charge on any atom is 0.344 e. The fourth-order valence-electron chi connectivity index (χ4n) is 2.93. The van der Waals surface area contributed by atoms with E-state index in [1.54, 1.807) is 29.2 Å². The molecule has 0 unspecified atom stereocenters. The van der Waals surface area contributed by atoms with Crippen LogP contribution in [-0.4, -0.2) is 31.4 Å². The van der Waals surface area contributed by atoms with Crippen LogP contribution in [0.25, 0.3) is 0 Å². The second kappa shape index (κ2) is 10.7. The zero-order chi connectivity index (χ0) is 22.1. The van der Waals surface area contributed by atoms with Crippen LogP contribution in [-0.2, 0) is 20.9 Å². The smallest absolute Gasteiger partial charge is 0.344 e. The van der Waals surface area contributed by atoms with Gasteiger partial charge in [-0.25, -0.2) is 4.79 Å². The predicted octanol–water partition coefficient (Wildman–Crippen LogP) is 3.96. The van der Waals surface area contributed by atoms with E-state index in [4.69, 9.17) is 9.47 Å². The minimum Gasteiger partial charge on any atom is -0.482 e. The van der Waals surface area contributed by atoms with E-state index in [1.807, 2.05) is 61.5 Å². The number of anilines is 1. The van der Waals surface area contributed by atoms with Gasteiger partial charge >= 0.3 is 5.97 Å². The number of carbonyl (C=O) groups excluding carboxylic acids is 3. The molecule has 0 spiro atoms. The van der Waals surface area contributed by atoms with Crippen LogP contribution in [0.15, 0.2) is 78.9 Å². The van der Waals surface area contributed by atoms with Gasteiger partial charge in [-0.15, -0.1) is 0 Å². The molecule has 6 heteroatoms.